The van der Waals surface area contributed by atoms with Gasteiger partial charge in [0, 0.05) is 74.0 Å². The molecule has 200 valence electrons. The summed E-state index contributed by atoms with van der Waals surface area (Å²) in [5.74, 6) is 1.52. The number of aromatic nitrogens is 4. The number of hydrogen-bond donors (Lipinski definition) is 2. The van der Waals surface area contributed by atoms with Crippen LogP contribution < -0.4 is 24.6 Å². The first-order chi connectivity index (χ1) is 18.2. The maximum Gasteiger partial charge on any atom is 0.233 e. The predicted molar refractivity (Wildman–Crippen MR) is 150 cm³/mol. The van der Waals surface area contributed by atoms with E-state index in [2.05, 4.69) is 38.5 Å². The van der Waals surface area contributed by atoms with Crippen LogP contribution in [0.1, 0.15) is 12.5 Å². The van der Waals surface area contributed by atoms with Crippen LogP contribution >= 0.6 is 0 Å². The van der Waals surface area contributed by atoms with Crippen LogP contribution in [0.15, 0.2) is 55.0 Å². The molecule has 1 fully saturated rings. The Labute approximate surface area is 222 Å². The number of nitrogens with zero attached hydrogens (tertiary/aromatic N) is 6. The maximum atomic E-state index is 12.1. The summed E-state index contributed by atoms with van der Waals surface area (Å²) >= 11 is 0. The highest BCUT2D eigenvalue weighted by molar-refractivity contribution is 7.92. The van der Waals surface area contributed by atoms with Crippen LogP contribution in [-0.4, -0.2) is 74.0 Å². The van der Waals surface area contributed by atoms with Gasteiger partial charge in [-0.25, -0.2) is 18.4 Å². The van der Waals surface area contributed by atoms with Gasteiger partial charge >= 0.3 is 0 Å². The van der Waals surface area contributed by atoms with E-state index < -0.39 is 10.0 Å². The number of ether oxygens (including phenoxy) is 1. The van der Waals surface area contributed by atoms with Gasteiger partial charge in [0.25, 0.3) is 0 Å². The van der Waals surface area contributed by atoms with Crippen molar-refractivity contribution >= 4 is 44.2 Å². The number of pyridine rings is 1. The number of piperazine rings is 1. The van der Waals surface area contributed by atoms with Crippen molar-refractivity contribution in [1.29, 1.82) is 0 Å². The third kappa shape index (κ3) is 5.36. The lowest BCUT2D eigenvalue weighted by atomic mass is 10.2. The Hall–Kier alpha value is -3.90. The molecule has 2 N–H and O–H groups in total. The van der Waals surface area contributed by atoms with Gasteiger partial charge in [0.15, 0.2) is 0 Å². The molecule has 1 aliphatic rings. The molecule has 1 atom stereocenters. The Morgan fingerprint density at radius 1 is 1.24 bits per heavy atom. The summed E-state index contributed by atoms with van der Waals surface area (Å²) in [6.07, 6.45) is 6.41. The van der Waals surface area contributed by atoms with Crippen molar-refractivity contribution in [2.75, 3.05) is 54.6 Å². The van der Waals surface area contributed by atoms with Gasteiger partial charge in [0.2, 0.25) is 16.0 Å². The van der Waals surface area contributed by atoms with Crippen LogP contribution in [0.2, 0.25) is 0 Å². The number of sulfonamides is 1. The molecule has 0 radical (unpaired) electrons. The summed E-state index contributed by atoms with van der Waals surface area (Å²) < 4.78 is 33.1. The van der Waals surface area contributed by atoms with Gasteiger partial charge in [-0.05, 0) is 31.2 Å². The highest BCUT2D eigenvalue weighted by atomic mass is 32.2. The first-order valence-electron chi connectivity index (χ1n) is 12.4. The smallest absolute Gasteiger partial charge is 0.233 e. The third-order valence-corrected chi connectivity index (χ3v) is 7.84. The van der Waals surface area contributed by atoms with Crippen LogP contribution in [0, 0.1) is 0 Å². The molecule has 0 spiro atoms. The fraction of sp³-hybridized carbons (Fsp3) is 0.346. The minimum Gasteiger partial charge on any atom is -0.494 e. The lowest BCUT2D eigenvalue weighted by Crippen LogP contribution is -2.49. The number of benzene rings is 1. The number of rotatable bonds is 8. The molecule has 5 rings (SSSR count). The number of nitrogens with one attached hydrogen (secondary N) is 2. The molecule has 0 saturated carbocycles. The molecule has 0 amide bonds. The molecule has 4 aromatic rings. The normalized spacial score (nSPS) is 16.0. The van der Waals surface area contributed by atoms with Crippen LogP contribution in [0.5, 0.6) is 5.75 Å². The highest BCUT2D eigenvalue weighted by Gasteiger charge is 2.19. The van der Waals surface area contributed by atoms with E-state index in [-0.39, 0.29) is 0 Å². The van der Waals surface area contributed by atoms with Crippen LogP contribution in [0.4, 0.5) is 23.1 Å². The zero-order valence-corrected chi connectivity index (χ0v) is 22.7. The third-order valence-electron chi connectivity index (χ3n) is 6.67. The molecule has 0 bridgehead atoms. The van der Waals surface area contributed by atoms with E-state index in [0.717, 1.165) is 48.2 Å². The Bertz CT molecular complexity index is 1560. The summed E-state index contributed by atoms with van der Waals surface area (Å²) in [6, 6.07) is 12.1. The van der Waals surface area contributed by atoms with Crippen molar-refractivity contribution in [2.45, 2.75) is 19.5 Å². The van der Waals surface area contributed by atoms with E-state index in [1.807, 2.05) is 35.0 Å². The summed E-state index contributed by atoms with van der Waals surface area (Å²) in [6.45, 7) is 5.40. The van der Waals surface area contributed by atoms with E-state index >= 15 is 0 Å². The van der Waals surface area contributed by atoms with Crippen LogP contribution in [0.3, 0.4) is 0 Å². The first kappa shape index (κ1) is 25.7. The van der Waals surface area contributed by atoms with Gasteiger partial charge in [-0.1, -0.05) is 6.07 Å². The molecular weight excluding hydrogens is 504 g/mol. The van der Waals surface area contributed by atoms with E-state index in [4.69, 9.17) is 9.72 Å². The molecule has 11 nitrogen and oxygen atoms in total. The lowest BCUT2D eigenvalue weighted by Gasteiger charge is -2.34. The summed E-state index contributed by atoms with van der Waals surface area (Å²) in [7, 11) is -0.301. The minimum absolute atomic E-state index is 0.382. The van der Waals surface area contributed by atoms with Crippen molar-refractivity contribution in [3.8, 4) is 5.75 Å². The summed E-state index contributed by atoms with van der Waals surface area (Å²) in [5, 5.41) is 7.63. The Morgan fingerprint density at radius 2 is 2.08 bits per heavy atom. The van der Waals surface area contributed by atoms with E-state index in [0.29, 0.717) is 35.7 Å². The van der Waals surface area contributed by atoms with Gasteiger partial charge in [-0.15, -0.1) is 0 Å². The van der Waals surface area contributed by atoms with Crippen molar-refractivity contribution < 1.29 is 13.2 Å². The average Bonchev–Trinajstić information content (AvgIpc) is 3.30. The SMILES string of the molecule is COc1cc(N2CCNC(C)C2)ccc1Nc1ncc2ccn(Cc3cccnc3N(C)S(C)(=O)=O)c2n1. The number of anilines is 4. The molecule has 1 aromatic carbocycles. The molecule has 1 unspecified atom stereocenters. The van der Waals surface area contributed by atoms with Gasteiger partial charge in [-0.3, -0.25) is 4.31 Å². The largest absolute Gasteiger partial charge is 0.494 e. The lowest BCUT2D eigenvalue weighted by molar-refractivity contribution is 0.416. The van der Waals surface area contributed by atoms with Crippen molar-refractivity contribution in [1.82, 2.24) is 24.8 Å². The predicted octanol–water partition coefficient (Wildman–Crippen LogP) is 2.82. The minimum atomic E-state index is -3.45. The van der Waals surface area contributed by atoms with E-state index in [1.54, 1.807) is 25.6 Å². The van der Waals surface area contributed by atoms with Gasteiger partial charge in [0.05, 0.1) is 25.6 Å². The van der Waals surface area contributed by atoms with Crippen molar-refractivity contribution in [3.05, 3.63) is 60.6 Å². The maximum absolute atomic E-state index is 12.1. The quantitative estimate of drug-likeness (QED) is 0.350. The fourth-order valence-corrected chi connectivity index (χ4v) is 5.08. The molecule has 0 aliphatic carbocycles. The molecular formula is C26H32N8O3S. The van der Waals surface area contributed by atoms with Gasteiger partial charge < -0.3 is 24.8 Å². The number of methoxy groups -OCH3 is 1. The number of fused-ring (bicyclic) bond motifs is 1. The summed E-state index contributed by atoms with van der Waals surface area (Å²) in [4.78, 5) is 15.9. The summed E-state index contributed by atoms with van der Waals surface area (Å²) in [5.41, 5.74) is 3.34. The topological polar surface area (TPSA) is 118 Å². The second-order valence-corrected chi connectivity index (χ2v) is 11.5. The van der Waals surface area contributed by atoms with E-state index in [1.165, 1.54) is 11.4 Å². The monoisotopic (exact) mass is 536 g/mol. The zero-order valence-electron chi connectivity index (χ0n) is 21.9. The molecule has 4 heterocycles. The van der Waals surface area contributed by atoms with Crippen LogP contribution in [0.25, 0.3) is 11.0 Å². The number of hydrogen-bond acceptors (Lipinski definition) is 9. The zero-order chi connectivity index (χ0) is 26.9. The second-order valence-electron chi connectivity index (χ2n) is 9.44. The molecule has 3 aromatic heterocycles. The van der Waals surface area contributed by atoms with Gasteiger partial charge in [0.1, 0.15) is 17.2 Å². The van der Waals surface area contributed by atoms with Gasteiger partial charge in [-0.2, -0.15) is 4.98 Å². The Balaban J connectivity index is 1.41. The van der Waals surface area contributed by atoms with E-state index in [9.17, 15) is 8.42 Å². The average molecular weight is 537 g/mol. The standard InChI is InChI=1S/C26H32N8O3S/c1-18-16-33(13-11-27-18)21-7-8-22(23(14-21)37-3)30-26-29-15-19-9-12-34(25(19)31-26)17-20-6-5-10-28-24(20)32(2)38(4,35)36/h5-10,12,14-15,18,27H,11,13,16-17H2,1-4H3,(H,29,30,31). The molecule has 1 saturated heterocycles. The van der Waals surface area contributed by atoms with Crippen molar-refractivity contribution in [3.63, 3.8) is 0 Å². The molecule has 12 heteroatoms. The molecule has 1 aliphatic heterocycles. The Morgan fingerprint density at radius 3 is 2.84 bits per heavy atom. The highest BCUT2D eigenvalue weighted by Crippen LogP contribution is 2.32. The first-order valence-corrected chi connectivity index (χ1v) is 14.2. The Kier molecular flexibility index (Phi) is 7.09. The van der Waals surface area contributed by atoms with Crippen LogP contribution in [-0.2, 0) is 16.6 Å². The van der Waals surface area contributed by atoms with Crippen molar-refractivity contribution in [2.24, 2.45) is 0 Å². The molecule has 38 heavy (non-hydrogen) atoms. The fourth-order valence-electron chi connectivity index (χ4n) is 4.60. The second kappa shape index (κ2) is 10.5.